The summed E-state index contributed by atoms with van der Waals surface area (Å²) >= 11 is 0. The molecule has 1 saturated heterocycles. The minimum Gasteiger partial charge on any atom is -0.493 e. The number of benzene rings is 2. The van der Waals surface area contributed by atoms with Crippen LogP contribution in [-0.4, -0.2) is 70.9 Å². The maximum atomic E-state index is 13.2. The van der Waals surface area contributed by atoms with E-state index in [0.29, 0.717) is 42.3 Å². The summed E-state index contributed by atoms with van der Waals surface area (Å²) in [6.07, 6.45) is 1.64. The molecule has 0 atom stereocenters. The van der Waals surface area contributed by atoms with Crippen LogP contribution in [0, 0.1) is 0 Å². The van der Waals surface area contributed by atoms with E-state index in [-0.39, 0.29) is 22.8 Å². The first-order valence-corrected chi connectivity index (χ1v) is 11.8. The zero-order valence-corrected chi connectivity index (χ0v) is 19.3. The number of ether oxygens (including phenoxy) is 3. The summed E-state index contributed by atoms with van der Waals surface area (Å²) in [5, 5.41) is 2.68. The first-order valence-electron chi connectivity index (χ1n) is 9.91. The van der Waals surface area contributed by atoms with Crippen LogP contribution < -0.4 is 14.2 Å². The van der Waals surface area contributed by atoms with Crippen LogP contribution in [0.25, 0.3) is 0 Å². The molecule has 1 aliphatic heterocycles. The van der Waals surface area contributed by atoms with Gasteiger partial charge in [0.05, 0.1) is 38.2 Å². The molecular weight excluding hydrogens is 436 g/mol. The van der Waals surface area contributed by atoms with Crippen molar-refractivity contribution in [1.29, 1.82) is 0 Å². The van der Waals surface area contributed by atoms with Gasteiger partial charge in [-0.1, -0.05) is 12.1 Å². The van der Waals surface area contributed by atoms with Crippen LogP contribution in [0.4, 0.5) is 0 Å². The standard InChI is InChI=1S/C22H26N2O7S/c1-29-17-12-15(13-18(30-2)21(17)31-3)14-20(25)23-10-7-11-24(23)22(26)16-8-5-6-9-19(16)32(4,27)28/h5-6,8-9,12-13H,7,10-11,14H2,1-4H3. The summed E-state index contributed by atoms with van der Waals surface area (Å²) in [5.74, 6) is 0.433. The van der Waals surface area contributed by atoms with E-state index in [1.165, 1.54) is 43.5 Å². The van der Waals surface area contributed by atoms with E-state index < -0.39 is 15.7 Å². The second-order valence-corrected chi connectivity index (χ2v) is 9.26. The Morgan fingerprint density at radius 1 is 0.938 bits per heavy atom. The second kappa shape index (κ2) is 9.47. The van der Waals surface area contributed by atoms with E-state index in [0.717, 1.165) is 6.26 Å². The molecule has 0 N–H and O–H groups in total. The molecule has 1 fully saturated rings. The predicted octanol–water partition coefficient (Wildman–Crippen LogP) is 1.95. The van der Waals surface area contributed by atoms with Gasteiger partial charge in [-0.3, -0.25) is 14.6 Å². The molecule has 172 valence electrons. The fraction of sp³-hybridized carbons (Fsp3) is 0.364. The predicted molar refractivity (Wildman–Crippen MR) is 117 cm³/mol. The number of nitrogens with zero attached hydrogens (tertiary/aromatic N) is 2. The smallest absolute Gasteiger partial charge is 0.273 e. The van der Waals surface area contributed by atoms with Crippen molar-refractivity contribution in [3.63, 3.8) is 0 Å². The van der Waals surface area contributed by atoms with Crippen LogP contribution in [0.15, 0.2) is 41.3 Å². The zero-order valence-electron chi connectivity index (χ0n) is 18.5. The minimum atomic E-state index is -3.61. The van der Waals surface area contributed by atoms with E-state index in [9.17, 15) is 18.0 Å². The monoisotopic (exact) mass is 462 g/mol. The van der Waals surface area contributed by atoms with E-state index in [1.54, 1.807) is 24.3 Å². The number of carbonyl (C=O) groups is 2. The Morgan fingerprint density at radius 2 is 1.53 bits per heavy atom. The van der Waals surface area contributed by atoms with Gasteiger partial charge >= 0.3 is 0 Å². The lowest BCUT2D eigenvalue weighted by molar-refractivity contribution is -0.139. The maximum Gasteiger partial charge on any atom is 0.273 e. The van der Waals surface area contributed by atoms with Gasteiger partial charge in [0.15, 0.2) is 21.3 Å². The van der Waals surface area contributed by atoms with Gasteiger partial charge in [0.2, 0.25) is 11.7 Å². The van der Waals surface area contributed by atoms with Gasteiger partial charge in [0.1, 0.15) is 0 Å². The average Bonchev–Trinajstić information content (AvgIpc) is 3.27. The minimum absolute atomic E-state index is 0.00574. The molecule has 0 spiro atoms. The van der Waals surface area contributed by atoms with Crippen molar-refractivity contribution in [3.8, 4) is 17.2 Å². The summed E-state index contributed by atoms with van der Waals surface area (Å²) in [6.45, 7) is 0.675. The summed E-state index contributed by atoms with van der Waals surface area (Å²) < 4.78 is 40.2. The van der Waals surface area contributed by atoms with Crippen molar-refractivity contribution in [2.45, 2.75) is 17.7 Å². The summed E-state index contributed by atoms with van der Waals surface area (Å²) in [7, 11) is 0.865. The molecule has 0 aliphatic carbocycles. The van der Waals surface area contributed by atoms with Crippen LogP contribution in [-0.2, 0) is 21.1 Å². The topological polar surface area (TPSA) is 102 Å². The number of hydrogen-bond donors (Lipinski definition) is 0. The van der Waals surface area contributed by atoms with Crippen LogP contribution >= 0.6 is 0 Å². The van der Waals surface area contributed by atoms with E-state index >= 15 is 0 Å². The van der Waals surface area contributed by atoms with Crippen molar-refractivity contribution in [3.05, 3.63) is 47.5 Å². The number of hydrazine groups is 1. The quantitative estimate of drug-likeness (QED) is 0.620. The Balaban J connectivity index is 1.87. The molecule has 0 bridgehead atoms. The highest BCUT2D eigenvalue weighted by molar-refractivity contribution is 7.90. The molecular formula is C22H26N2O7S. The molecule has 3 rings (SSSR count). The molecule has 0 radical (unpaired) electrons. The Kier molecular flexibility index (Phi) is 6.93. The molecule has 10 heteroatoms. The van der Waals surface area contributed by atoms with Gasteiger partial charge in [-0.15, -0.1) is 0 Å². The van der Waals surface area contributed by atoms with Gasteiger partial charge in [0.25, 0.3) is 5.91 Å². The van der Waals surface area contributed by atoms with Crippen molar-refractivity contribution in [1.82, 2.24) is 10.0 Å². The van der Waals surface area contributed by atoms with Crippen LogP contribution in [0.2, 0.25) is 0 Å². The molecule has 1 aliphatic rings. The fourth-order valence-corrected chi connectivity index (χ4v) is 4.57. The molecule has 0 unspecified atom stereocenters. The SMILES string of the molecule is COc1cc(CC(=O)N2CCCN2C(=O)c2ccccc2S(C)(=O)=O)cc(OC)c1OC. The largest absolute Gasteiger partial charge is 0.493 e. The number of hydrogen-bond acceptors (Lipinski definition) is 7. The average molecular weight is 463 g/mol. The summed E-state index contributed by atoms with van der Waals surface area (Å²) in [4.78, 5) is 26.2. The number of amides is 2. The van der Waals surface area contributed by atoms with Gasteiger partial charge in [-0.05, 0) is 36.2 Å². The Labute approximate surface area is 187 Å². The van der Waals surface area contributed by atoms with Crippen LogP contribution in [0.5, 0.6) is 17.2 Å². The van der Waals surface area contributed by atoms with Gasteiger partial charge in [0, 0.05) is 19.3 Å². The highest BCUT2D eigenvalue weighted by atomic mass is 32.2. The van der Waals surface area contributed by atoms with E-state index in [4.69, 9.17) is 14.2 Å². The Morgan fingerprint density at radius 3 is 2.09 bits per heavy atom. The summed E-state index contributed by atoms with van der Waals surface area (Å²) in [5.41, 5.74) is 0.669. The Hall–Kier alpha value is -3.27. The number of rotatable bonds is 7. The Bertz CT molecular complexity index is 1110. The normalized spacial score (nSPS) is 13.8. The number of methoxy groups -OCH3 is 3. The van der Waals surface area contributed by atoms with Crippen LogP contribution in [0.1, 0.15) is 22.3 Å². The fourth-order valence-electron chi connectivity index (χ4n) is 3.69. The highest BCUT2D eigenvalue weighted by Crippen LogP contribution is 2.38. The van der Waals surface area contributed by atoms with E-state index in [2.05, 4.69) is 0 Å². The second-order valence-electron chi connectivity index (χ2n) is 7.28. The highest BCUT2D eigenvalue weighted by Gasteiger charge is 2.33. The third kappa shape index (κ3) is 4.64. The molecule has 0 saturated carbocycles. The molecule has 9 nitrogen and oxygen atoms in total. The van der Waals surface area contributed by atoms with Crippen molar-refractivity contribution in [2.75, 3.05) is 40.7 Å². The molecule has 2 aromatic rings. The molecule has 1 heterocycles. The third-order valence-corrected chi connectivity index (χ3v) is 6.31. The first kappa shape index (κ1) is 23.4. The molecule has 2 amide bonds. The van der Waals surface area contributed by atoms with Crippen molar-refractivity contribution >= 4 is 21.7 Å². The van der Waals surface area contributed by atoms with Gasteiger partial charge in [-0.2, -0.15) is 0 Å². The maximum absolute atomic E-state index is 13.2. The first-order chi connectivity index (χ1) is 15.2. The van der Waals surface area contributed by atoms with E-state index in [1.807, 2.05) is 0 Å². The third-order valence-electron chi connectivity index (χ3n) is 5.15. The lowest BCUT2D eigenvalue weighted by Gasteiger charge is -2.28. The lowest BCUT2D eigenvalue weighted by Crippen LogP contribution is -2.45. The van der Waals surface area contributed by atoms with Crippen LogP contribution in [0.3, 0.4) is 0 Å². The van der Waals surface area contributed by atoms with Gasteiger partial charge in [-0.25, -0.2) is 13.4 Å². The van der Waals surface area contributed by atoms with Crippen molar-refractivity contribution < 1.29 is 32.2 Å². The van der Waals surface area contributed by atoms with Crippen molar-refractivity contribution in [2.24, 2.45) is 0 Å². The zero-order chi connectivity index (χ0) is 23.5. The number of carbonyl (C=O) groups excluding carboxylic acids is 2. The molecule has 0 aromatic heterocycles. The lowest BCUT2D eigenvalue weighted by atomic mass is 10.1. The molecule has 2 aromatic carbocycles. The summed E-state index contributed by atoms with van der Waals surface area (Å²) in [6, 6.07) is 9.37. The number of sulfone groups is 1. The molecule has 32 heavy (non-hydrogen) atoms. The van der Waals surface area contributed by atoms with Gasteiger partial charge < -0.3 is 14.2 Å².